The van der Waals surface area contributed by atoms with Gasteiger partial charge in [-0.2, -0.15) is 0 Å². The normalized spacial score (nSPS) is 13.2. The Bertz CT molecular complexity index is 1470. The number of unbranched alkanes of at least 4 members (excludes halogenated alkanes) is 18. The summed E-state index contributed by atoms with van der Waals surface area (Å²) in [6.45, 7) is 7.48. The van der Waals surface area contributed by atoms with Crippen LogP contribution in [0, 0.1) is 0 Å². The average Bonchev–Trinajstić information content (AvgIpc) is 3.36. The van der Waals surface area contributed by atoms with Crippen molar-refractivity contribution in [3.63, 3.8) is 0 Å². The molecule has 0 aliphatic rings. The molecular formula is C65H106O5. The van der Waals surface area contributed by atoms with E-state index in [1.54, 1.807) is 0 Å². The predicted molar refractivity (Wildman–Crippen MR) is 306 cm³/mol. The summed E-state index contributed by atoms with van der Waals surface area (Å²) in [6.07, 6.45) is 84.7. The first kappa shape index (κ1) is 66.0. The van der Waals surface area contributed by atoms with E-state index in [1.807, 2.05) is 0 Å². The summed E-state index contributed by atoms with van der Waals surface area (Å²) in [5.74, 6) is -0.450. The van der Waals surface area contributed by atoms with Crippen molar-refractivity contribution in [1.29, 1.82) is 0 Å². The van der Waals surface area contributed by atoms with Crippen LogP contribution in [0.3, 0.4) is 0 Å². The first-order chi connectivity index (χ1) is 34.6. The second-order valence-corrected chi connectivity index (χ2v) is 18.4. The van der Waals surface area contributed by atoms with Gasteiger partial charge in [-0.25, -0.2) is 0 Å². The Hall–Kier alpha value is -3.96. The second kappa shape index (κ2) is 59.3. The highest BCUT2D eigenvalue weighted by Gasteiger charge is 2.17. The maximum atomic E-state index is 12.9. The standard InChI is InChI=1S/C65H106O5/c1-4-7-10-13-16-19-22-25-28-30-32-34-36-39-42-45-48-51-54-57-60-68-61-63(70-65(67)59-56-53-50-47-44-41-37-27-24-21-18-15-12-9-6-3)62-69-64(66)58-55-52-49-46-43-40-38-35-33-31-29-26-23-20-17-14-11-8-5-2/h7-8,10-11,16-21,25-29,32-35,37,39,42,63H,4-6,9,12-15,22-24,30-31,36,38,40-41,43-62H2,1-3H3/b10-7-,11-8-,19-16-,20-17-,21-18-,28-25-,29-26-,34-32-,35-33-,37-27-,42-39-. The Labute approximate surface area is 432 Å². The molecule has 0 spiro atoms. The molecule has 70 heavy (non-hydrogen) atoms. The van der Waals surface area contributed by atoms with Gasteiger partial charge >= 0.3 is 11.9 Å². The summed E-state index contributed by atoms with van der Waals surface area (Å²) in [7, 11) is 0. The Morgan fingerprint density at radius 1 is 0.329 bits per heavy atom. The third-order valence-electron chi connectivity index (χ3n) is 11.7. The summed E-state index contributed by atoms with van der Waals surface area (Å²) in [6, 6.07) is 0. The molecule has 0 rings (SSSR count). The van der Waals surface area contributed by atoms with E-state index in [1.165, 1.54) is 64.2 Å². The highest BCUT2D eigenvalue weighted by atomic mass is 16.6. The summed E-state index contributed by atoms with van der Waals surface area (Å²) < 4.78 is 17.4. The largest absolute Gasteiger partial charge is 0.462 e. The maximum Gasteiger partial charge on any atom is 0.306 e. The molecule has 1 atom stereocenters. The van der Waals surface area contributed by atoms with E-state index in [0.29, 0.717) is 19.4 Å². The number of ether oxygens (including phenoxy) is 3. The molecule has 0 aliphatic heterocycles. The Morgan fingerprint density at radius 2 is 0.643 bits per heavy atom. The lowest BCUT2D eigenvalue weighted by molar-refractivity contribution is -0.163. The Balaban J connectivity index is 4.41. The van der Waals surface area contributed by atoms with Crippen LogP contribution >= 0.6 is 0 Å². The lowest BCUT2D eigenvalue weighted by Crippen LogP contribution is -2.30. The molecule has 0 saturated heterocycles. The molecule has 0 aliphatic carbocycles. The molecule has 0 aromatic carbocycles. The van der Waals surface area contributed by atoms with Gasteiger partial charge in [0.15, 0.2) is 6.10 Å². The number of carbonyl (C=O) groups is 2. The molecule has 1 unspecified atom stereocenters. The quantitative estimate of drug-likeness (QED) is 0.0345. The lowest BCUT2D eigenvalue weighted by Gasteiger charge is -2.18. The van der Waals surface area contributed by atoms with E-state index in [2.05, 4.69) is 154 Å². The van der Waals surface area contributed by atoms with Crippen LogP contribution < -0.4 is 0 Å². The van der Waals surface area contributed by atoms with Gasteiger partial charge < -0.3 is 14.2 Å². The van der Waals surface area contributed by atoms with E-state index in [-0.39, 0.29) is 25.2 Å². The number of hydrogen-bond acceptors (Lipinski definition) is 5. The van der Waals surface area contributed by atoms with E-state index in [0.717, 1.165) is 141 Å². The third kappa shape index (κ3) is 56.6. The monoisotopic (exact) mass is 967 g/mol. The van der Waals surface area contributed by atoms with Crippen molar-refractivity contribution in [1.82, 2.24) is 0 Å². The Kier molecular flexibility index (Phi) is 56.0. The number of rotatable bonds is 51. The van der Waals surface area contributed by atoms with Crippen LogP contribution in [0.1, 0.15) is 239 Å². The van der Waals surface area contributed by atoms with Gasteiger partial charge in [-0.15, -0.1) is 0 Å². The van der Waals surface area contributed by atoms with E-state index >= 15 is 0 Å². The molecule has 5 heteroatoms. The van der Waals surface area contributed by atoms with Crippen LogP contribution in [-0.2, 0) is 23.8 Å². The molecule has 0 radical (unpaired) electrons. The van der Waals surface area contributed by atoms with Gasteiger partial charge in [0.1, 0.15) is 6.61 Å². The van der Waals surface area contributed by atoms with Crippen molar-refractivity contribution >= 4 is 11.9 Å². The van der Waals surface area contributed by atoms with Crippen LogP contribution in [0.15, 0.2) is 134 Å². The molecule has 0 aromatic heterocycles. The minimum Gasteiger partial charge on any atom is -0.462 e. The van der Waals surface area contributed by atoms with E-state index in [4.69, 9.17) is 14.2 Å². The van der Waals surface area contributed by atoms with Gasteiger partial charge in [0.25, 0.3) is 0 Å². The zero-order valence-electron chi connectivity index (χ0n) is 45.5. The molecule has 396 valence electrons. The second-order valence-electron chi connectivity index (χ2n) is 18.4. The summed E-state index contributed by atoms with van der Waals surface area (Å²) >= 11 is 0. The molecule has 0 amide bonds. The minimum absolute atomic E-state index is 0.0529. The van der Waals surface area contributed by atoms with Crippen LogP contribution in [0.2, 0.25) is 0 Å². The topological polar surface area (TPSA) is 61.8 Å². The fourth-order valence-electron chi connectivity index (χ4n) is 7.44. The van der Waals surface area contributed by atoms with E-state index in [9.17, 15) is 9.59 Å². The summed E-state index contributed by atoms with van der Waals surface area (Å²) in [5, 5.41) is 0. The number of hydrogen-bond donors (Lipinski definition) is 0. The van der Waals surface area contributed by atoms with Crippen molar-refractivity contribution in [2.45, 2.75) is 245 Å². The minimum atomic E-state index is -0.574. The average molecular weight is 968 g/mol. The molecule has 0 heterocycles. The lowest BCUT2D eigenvalue weighted by atomic mass is 10.1. The smallest absolute Gasteiger partial charge is 0.306 e. The van der Waals surface area contributed by atoms with Crippen molar-refractivity contribution in [2.24, 2.45) is 0 Å². The molecular weight excluding hydrogens is 861 g/mol. The first-order valence-corrected chi connectivity index (χ1v) is 28.7. The zero-order chi connectivity index (χ0) is 50.6. The van der Waals surface area contributed by atoms with Crippen LogP contribution in [-0.4, -0.2) is 37.9 Å². The molecule has 0 fully saturated rings. The highest BCUT2D eigenvalue weighted by Crippen LogP contribution is 2.13. The number of esters is 2. The SMILES string of the molecule is CC/C=C\C/C=C\C/C=C\C/C=C\C/C=C\CCCCCCOCC(COC(=O)CCCCCCCC/C=C\C/C=C\C/C=C\C/C=C\CC)OC(=O)CCCCCCC/C=C\C/C=C\CCCCC. The van der Waals surface area contributed by atoms with Crippen molar-refractivity contribution in [2.75, 3.05) is 19.8 Å². The molecule has 5 nitrogen and oxygen atoms in total. The van der Waals surface area contributed by atoms with Gasteiger partial charge in [-0.05, 0) is 135 Å². The van der Waals surface area contributed by atoms with Crippen LogP contribution in [0.5, 0.6) is 0 Å². The van der Waals surface area contributed by atoms with Gasteiger partial charge in [0, 0.05) is 19.4 Å². The summed E-state index contributed by atoms with van der Waals surface area (Å²) in [5.41, 5.74) is 0. The Morgan fingerprint density at radius 3 is 1.03 bits per heavy atom. The fraction of sp³-hybridized carbons (Fsp3) is 0.631. The zero-order valence-corrected chi connectivity index (χ0v) is 45.5. The van der Waals surface area contributed by atoms with Crippen molar-refractivity contribution in [3.05, 3.63) is 134 Å². The fourth-order valence-corrected chi connectivity index (χ4v) is 7.44. The van der Waals surface area contributed by atoms with Crippen molar-refractivity contribution < 1.29 is 23.8 Å². The predicted octanol–water partition coefficient (Wildman–Crippen LogP) is 19.9. The molecule has 0 aromatic rings. The van der Waals surface area contributed by atoms with Crippen LogP contribution in [0.4, 0.5) is 0 Å². The molecule has 0 saturated carbocycles. The van der Waals surface area contributed by atoms with E-state index < -0.39 is 6.10 Å². The van der Waals surface area contributed by atoms with Gasteiger partial charge in [0.05, 0.1) is 6.61 Å². The maximum absolute atomic E-state index is 12.9. The van der Waals surface area contributed by atoms with Gasteiger partial charge in [-0.1, -0.05) is 225 Å². The van der Waals surface area contributed by atoms with Crippen molar-refractivity contribution in [3.8, 4) is 0 Å². The van der Waals surface area contributed by atoms with Crippen LogP contribution in [0.25, 0.3) is 0 Å². The van der Waals surface area contributed by atoms with Gasteiger partial charge in [-0.3, -0.25) is 9.59 Å². The molecule has 0 N–H and O–H groups in total. The molecule has 0 bridgehead atoms. The third-order valence-corrected chi connectivity index (χ3v) is 11.7. The first-order valence-electron chi connectivity index (χ1n) is 28.7. The number of carbonyl (C=O) groups excluding carboxylic acids is 2. The highest BCUT2D eigenvalue weighted by molar-refractivity contribution is 5.70. The van der Waals surface area contributed by atoms with Gasteiger partial charge in [0.2, 0.25) is 0 Å². The summed E-state index contributed by atoms with van der Waals surface area (Å²) in [4.78, 5) is 25.5. The number of allylic oxidation sites excluding steroid dienone is 22.